The summed E-state index contributed by atoms with van der Waals surface area (Å²) in [6.07, 6.45) is 6.22. The first-order chi connectivity index (χ1) is 15.8. The SMILES string of the molecule is C[C@H]1[C@@H]2[C@@H](O)C([C@H](C)C(=O)NCc3ccco3)CC[C@@]2(C)CC[C@@H]1NC(=O)c1ccccn1. The van der Waals surface area contributed by atoms with Gasteiger partial charge in [-0.25, -0.2) is 0 Å². The monoisotopic (exact) mass is 453 g/mol. The normalized spacial score (nSPS) is 32.4. The second-order valence-electron chi connectivity index (χ2n) is 10.2. The number of nitrogens with zero attached hydrogens (tertiary/aromatic N) is 1. The first-order valence-electron chi connectivity index (χ1n) is 12.0. The van der Waals surface area contributed by atoms with Gasteiger partial charge in [0.25, 0.3) is 5.91 Å². The summed E-state index contributed by atoms with van der Waals surface area (Å²) in [5, 5.41) is 17.6. The van der Waals surface area contributed by atoms with Crippen LogP contribution in [0.2, 0.25) is 0 Å². The largest absolute Gasteiger partial charge is 0.467 e. The minimum absolute atomic E-state index is 0.00588. The summed E-state index contributed by atoms with van der Waals surface area (Å²) < 4.78 is 5.30. The Morgan fingerprint density at radius 1 is 1.24 bits per heavy atom. The minimum Gasteiger partial charge on any atom is -0.467 e. The third-order valence-electron chi connectivity index (χ3n) is 8.17. The van der Waals surface area contributed by atoms with E-state index >= 15 is 0 Å². The number of aliphatic hydroxyl groups excluding tert-OH is 1. The topological polar surface area (TPSA) is 104 Å². The lowest BCUT2D eigenvalue weighted by Crippen LogP contribution is -2.58. The number of hydrogen-bond donors (Lipinski definition) is 3. The molecule has 7 nitrogen and oxygen atoms in total. The number of hydrogen-bond acceptors (Lipinski definition) is 5. The van der Waals surface area contributed by atoms with Gasteiger partial charge in [0.05, 0.1) is 18.9 Å². The number of aliphatic hydroxyl groups is 1. The van der Waals surface area contributed by atoms with Crippen LogP contribution < -0.4 is 10.6 Å². The van der Waals surface area contributed by atoms with E-state index in [1.54, 1.807) is 36.7 Å². The van der Waals surface area contributed by atoms with Gasteiger partial charge in [0.1, 0.15) is 11.5 Å². The predicted octanol–water partition coefficient (Wildman–Crippen LogP) is 3.55. The number of aromatic nitrogens is 1. The molecular weight excluding hydrogens is 418 g/mol. The van der Waals surface area contributed by atoms with Gasteiger partial charge in [-0.05, 0) is 73.1 Å². The molecule has 0 bridgehead atoms. The standard InChI is InChI=1S/C26H35N3O4/c1-16(24(31)28-15-18-7-6-14-33-18)19-9-11-26(3)12-10-20(17(2)22(26)23(19)30)29-25(32)21-8-4-5-13-27-21/h4-8,13-14,16-17,19-20,22-23,30H,9-12,15H2,1-3H3,(H,28,31)(H,29,32)/t16-,17+,19?,20-,22+,23-,26-/m0/s1. The average Bonchev–Trinajstić information content (AvgIpc) is 3.33. The highest BCUT2D eigenvalue weighted by Gasteiger charge is 2.53. The fourth-order valence-corrected chi connectivity index (χ4v) is 6.18. The maximum Gasteiger partial charge on any atom is 0.270 e. The molecule has 2 aliphatic carbocycles. The first-order valence-corrected chi connectivity index (χ1v) is 12.0. The molecule has 3 N–H and O–H groups in total. The van der Waals surface area contributed by atoms with Crippen LogP contribution in [-0.4, -0.2) is 34.1 Å². The Bertz CT molecular complexity index is 948. The van der Waals surface area contributed by atoms with E-state index in [1.165, 1.54) is 0 Å². The Labute approximate surface area is 195 Å². The van der Waals surface area contributed by atoms with Crippen LogP contribution in [-0.2, 0) is 11.3 Å². The van der Waals surface area contributed by atoms with Crippen LogP contribution in [0, 0.1) is 29.1 Å². The first kappa shape index (κ1) is 23.5. The molecule has 2 heterocycles. The molecule has 0 aliphatic heterocycles. The molecule has 2 amide bonds. The summed E-state index contributed by atoms with van der Waals surface area (Å²) >= 11 is 0. The fraction of sp³-hybridized carbons (Fsp3) is 0.577. The van der Waals surface area contributed by atoms with E-state index in [1.807, 2.05) is 13.0 Å². The van der Waals surface area contributed by atoms with E-state index < -0.39 is 6.10 Å². The number of carbonyl (C=O) groups excluding carboxylic acids is 2. The number of furan rings is 1. The minimum atomic E-state index is -0.599. The summed E-state index contributed by atoms with van der Waals surface area (Å²) in [6, 6.07) is 8.89. The van der Waals surface area contributed by atoms with Crippen molar-refractivity contribution < 1.29 is 19.1 Å². The molecule has 0 spiro atoms. The number of fused-ring (bicyclic) bond motifs is 1. The van der Waals surface area contributed by atoms with Gasteiger partial charge in [0.2, 0.25) is 5.91 Å². The Balaban J connectivity index is 1.43. The lowest BCUT2D eigenvalue weighted by molar-refractivity contribution is -0.142. The van der Waals surface area contributed by atoms with Crippen molar-refractivity contribution in [2.45, 2.75) is 65.1 Å². The fourth-order valence-electron chi connectivity index (χ4n) is 6.18. The summed E-state index contributed by atoms with van der Waals surface area (Å²) in [5.74, 6) is 0.139. The van der Waals surface area contributed by atoms with E-state index in [4.69, 9.17) is 4.42 Å². The molecule has 2 aromatic heterocycles. The molecule has 178 valence electrons. The van der Waals surface area contributed by atoms with Gasteiger partial charge >= 0.3 is 0 Å². The summed E-state index contributed by atoms with van der Waals surface area (Å²) in [7, 11) is 0. The third kappa shape index (κ3) is 4.83. The van der Waals surface area contributed by atoms with Gasteiger partial charge in [-0.15, -0.1) is 0 Å². The van der Waals surface area contributed by atoms with E-state index in [0.29, 0.717) is 18.0 Å². The Kier molecular flexibility index (Phi) is 6.88. The zero-order chi connectivity index (χ0) is 23.6. The zero-order valence-corrected chi connectivity index (χ0v) is 19.7. The zero-order valence-electron chi connectivity index (χ0n) is 19.7. The number of nitrogens with one attached hydrogen (secondary N) is 2. The van der Waals surface area contributed by atoms with Crippen molar-refractivity contribution in [3.63, 3.8) is 0 Å². The number of rotatable bonds is 6. The van der Waals surface area contributed by atoms with Crippen LogP contribution in [0.1, 0.15) is 62.7 Å². The van der Waals surface area contributed by atoms with Crippen LogP contribution in [0.5, 0.6) is 0 Å². The summed E-state index contributed by atoms with van der Waals surface area (Å²) in [4.78, 5) is 29.7. The van der Waals surface area contributed by atoms with Gasteiger partial charge in [0.15, 0.2) is 0 Å². The molecule has 33 heavy (non-hydrogen) atoms. The van der Waals surface area contributed by atoms with Crippen LogP contribution >= 0.6 is 0 Å². The quantitative estimate of drug-likeness (QED) is 0.621. The van der Waals surface area contributed by atoms with Crippen LogP contribution in [0.3, 0.4) is 0 Å². The highest BCUT2D eigenvalue weighted by molar-refractivity contribution is 5.92. The highest BCUT2D eigenvalue weighted by atomic mass is 16.3. The summed E-state index contributed by atoms with van der Waals surface area (Å²) in [6.45, 7) is 6.63. The van der Waals surface area contributed by atoms with Crippen molar-refractivity contribution in [1.82, 2.24) is 15.6 Å². The second kappa shape index (κ2) is 9.67. The molecule has 4 rings (SSSR count). The summed E-state index contributed by atoms with van der Waals surface area (Å²) in [5.41, 5.74) is 0.410. The smallest absolute Gasteiger partial charge is 0.270 e. The van der Waals surface area contributed by atoms with Gasteiger partial charge in [-0.1, -0.05) is 26.8 Å². The van der Waals surface area contributed by atoms with E-state index in [-0.39, 0.29) is 46.9 Å². The molecule has 2 saturated carbocycles. The Morgan fingerprint density at radius 2 is 2.03 bits per heavy atom. The molecular formula is C26H35N3O4. The van der Waals surface area contributed by atoms with E-state index in [9.17, 15) is 14.7 Å². The lowest BCUT2D eigenvalue weighted by Gasteiger charge is -2.56. The Hall–Kier alpha value is -2.67. The van der Waals surface area contributed by atoms with Gasteiger partial charge in [0, 0.05) is 18.2 Å². The van der Waals surface area contributed by atoms with Crippen molar-refractivity contribution in [2.75, 3.05) is 0 Å². The van der Waals surface area contributed by atoms with Crippen molar-refractivity contribution in [3.05, 3.63) is 54.2 Å². The van der Waals surface area contributed by atoms with Gasteiger partial charge in [-0.2, -0.15) is 0 Å². The molecule has 0 saturated heterocycles. The van der Waals surface area contributed by atoms with Crippen molar-refractivity contribution in [1.29, 1.82) is 0 Å². The molecule has 7 atom stereocenters. The molecule has 2 aliphatic rings. The van der Waals surface area contributed by atoms with Crippen molar-refractivity contribution >= 4 is 11.8 Å². The second-order valence-corrected chi connectivity index (χ2v) is 10.2. The van der Waals surface area contributed by atoms with Gasteiger partial charge in [-0.3, -0.25) is 14.6 Å². The molecule has 2 aromatic rings. The molecule has 1 unspecified atom stereocenters. The molecule has 2 fully saturated rings. The molecule has 0 radical (unpaired) electrons. The highest BCUT2D eigenvalue weighted by Crippen LogP contribution is 2.55. The number of pyridine rings is 1. The van der Waals surface area contributed by atoms with Crippen LogP contribution in [0.4, 0.5) is 0 Å². The maximum absolute atomic E-state index is 12.8. The van der Waals surface area contributed by atoms with Crippen LogP contribution in [0.15, 0.2) is 47.2 Å². The Morgan fingerprint density at radius 3 is 2.73 bits per heavy atom. The predicted molar refractivity (Wildman–Crippen MR) is 124 cm³/mol. The number of carbonyl (C=O) groups is 2. The van der Waals surface area contributed by atoms with Crippen molar-refractivity contribution in [3.8, 4) is 0 Å². The third-order valence-corrected chi connectivity index (χ3v) is 8.17. The van der Waals surface area contributed by atoms with E-state index in [2.05, 4.69) is 29.5 Å². The van der Waals surface area contributed by atoms with E-state index in [0.717, 1.165) is 25.7 Å². The van der Waals surface area contributed by atoms with Crippen LogP contribution in [0.25, 0.3) is 0 Å². The van der Waals surface area contributed by atoms with Crippen molar-refractivity contribution in [2.24, 2.45) is 29.1 Å². The number of amides is 2. The maximum atomic E-state index is 12.8. The lowest BCUT2D eigenvalue weighted by atomic mass is 9.51. The van der Waals surface area contributed by atoms with Gasteiger partial charge < -0.3 is 20.2 Å². The average molecular weight is 454 g/mol. The molecule has 0 aromatic carbocycles. The molecule has 7 heteroatoms.